The van der Waals surface area contributed by atoms with Crippen LogP contribution in [0.4, 0.5) is 0 Å². The zero-order valence-corrected chi connectivity index (χ0v) is 17.3. The predicted octanol–water partition coefficient (Wildman–Crippen LogP) is 5.61. The molecule has 0 spiro atoms. The first-order chi connectivity index (χ1) is 13.0. The summed E-state index contributed by atoms with van der Waals surface area (Å²) in [6, 6.07) is 5.69. The minimum absolute atomic E-state index is 0.334. The highest BCUT2D eigenvalue weighted by molar-refractivity contribution is 9.10. The minimum atomic E-state index is 0.334. The van der Waals surface area contributed by atoms with Crippen LogP contribution in [-0.4, -0.2) is 19.5 Å². The van der Waals surface area contributed by atoms with Gasteiger partial charge in [-0.2, -0.15) is 5.26 Å². The zero-order chi connectivity index (χ0) is 19.0. The number of nitrogens with zero attached hydrogens (tertiary/aromatic N) is 5. The van der Waals surface area contributed by atoms with E-state index in [2.05, 4.69) is 48.4 Å². The molecule has 0 radical (unpaired) electrons. The smallest absolute Gasteiger partial charge is 0.178 e. The zero-order valence-electron chi connectivity index (χ0n) is 15.0. The Morgan fingerprint density at radius 3 is 2.70 bits per heavy atom. The topological polar surface area (TPSA) is 67.4 Å². The lowest BCUT2D eigenvalue weighted by molar-refractivity contribution is 0.265. The van der Waals surface area contributed by atoms with Crippen LogP contribution in [0.15, 0.2) is 29.3 Å². The number of rotatable bonds is 3. The molecule has 1 aliphatic carbocycles. The summed E-state index contributed by atoms with van der Waals surface area (Å²) in [6.07, 6.45) is 8.32. The van der Waals surface area contributed by atoms with Crippen molar-refractivity contribution in [1.29, 1.82) is 5.26 Å². The molecule has 1 fully saturated rings. The number of aromatic nitrogens is 4. The second-order valence-corrected chi connectivity index (χ2v) is 8.49. The lowest BCUT2D eigenvalue weighted by atomic mass is 9.83. The Kier molecular flexibility index (Phi) is 5.16. The van der Waals surface area contributed by atoms with E-state index in [0.717, 1.165) is 33.8 Å². The molecule has 1 saturated carbocycles. The molecular weight excluding hydrogens is 426 g/mol. The molecule has 3 aromatic heterocycles. The van der Waals surface area contributed by atoms with Crippen LogP contribution in [0.1, 0.15) is 38.3 Å². The van der Waals surface area contributed by atoms with Crippen LogP contribution in [-0.2, 0) is 6.54 Å². The number of pyridine rings is 2. The van der Waals surface area contributed by atoms with Crippen molar-refractivity contribution in [2.45, 2.75) is 39.2 Å². The van der Waals surface area contributed by atoms with Gasteiger partial charge in [0.2, 0.25) is 0 Å². The SMILES string of the molecule is C[C@H]1CC[C@H](Cn2c(Br)nc3cc(C#N)nc(-c4cncc(Cl)c4)c32)CC1. The van der Waals surface area contributed by atoms with Gasteiger partial charge in [0.25, 0.3) is 0 Å². The van der Waals surface area contributed by atoms with E-state index >= 15 is 0 Å². The van der Waals surface area contributed by atoms with Gasteiger partial charge in [-0.05, 0) is 46.7 Å². The van der Waals surface area contributed by atoms with Gasteiger partial charge in [-0.1, -0.05) is 31.4 Å². The Balaban J connectivity index is 1.85. The molecule has 4 rings (SSSR count). The fraction of sp³-hybridized carbons (Fsp3) is 0.400. The van der Waals surface area contributed by atoms with Crippen molar-refractivity contribution in [1.82, 2.24) is 19.5 Å². The van der Waals surface area contributed by atoms with Gasteiger partial charge in [0.1, 0.15) is 11.8 Å². The van der Waals surface area contributed by atoms with Crippen molar-refractivity contribution < 1.29 is 0 Å². The molecule has 0 saturated heterocycles. The third-order valence-corrected chi connectivity index (χ3v) is 6.16. The Bertz CT molecular complexity index is 1030. The Hall–Kier alpha value is -1.97. The van der Waals surface area contributed by atoms with Crippen LogP contribution in [0.2, 0.25) is 5.02 Å². The van der Waals surface area contributed by atoms with E-state index in [9.17, 15) is 5.26 Å². The number of nitriles is 1. The van der Waals surface area contributed by atoms with E-state index in [0.29, 0.717) is 22.3 Å². The Labute approximate surface area is 171 Å². The molecule has 27 heavy (non-hydrogen) atoms. The number of halogens is 2. The van der Waals surface area contributed by atoms with Crippen molar-refractivity contribution in [2.75, 3.05) is 0 Å². The van der Waals surface area contributed by atoms with Crippen molar-refractivity contribution in [3.05, 3.63) is 40.0 Å². The number of fused-ring (bicyclic) bond motifs is 1. The summed E-state index contributed by atoms with van der Waals surface area (Å²) < 4.78 is 2.95. The number of hydrogen-bond acceptors (Lipinski definition) is 4. The summed E-state index contributed by atoms with van der Waals surface area (Å²) in [5.41, 5.74) is 3.49. The quantitative estimate of drug-likeness (QED) is 0.527. The summed E-state index contributed by atoms with van der Waals surface area (Å²) in [5, 5.41) is 9.92. The molecule has 5 nitrogen and oxygen atoms in total. The maximum Gasteiger partial charge on any atom is 0.178 e. The molecule has 0 N–H and O–H groups in total. The summed E-state index contributed by atoms with van der Waals surface area (Å²) in [5.74, 6) is 1.44. The second-order valence-electron chi connectivity index (χ2n) is 7.34. The summed E-state index contributed by atoms with van der Waals surface area (Å²) in [6.45, 7) is 3.22. The van der Waals surface area contributed by atoms with E-state index < -0.39 is 0 Å². The van der Waals surface area contributed by atoms with Gasteiger partial charge in [0.05, 0.1) is 21.7 Å². The van der Waals surface area contributed by atoms with Gasteiger partial charge in [0, 0.05) is 30.6 Å². The van der Waals surface area contributed by atoms with E-state index in [4.69, 9.17) is 11.6 Å². The van der Waals surface area contributed by atoms with Gasteiger partial charge in [0.15, 0.2) is 4.73 Å². The second kappa shape index (κ2) is 7.57. The summed E-state index contributed by atoms with van der Waals surface area (Å²) in [7, 11) is 0. The molecule has 1 aliphatic rings. The first-order valence-electron chi connectivity index (χ1n) is 9.13. The lowest BCUT2D eigenvalue weighted by Crippen LogP contribution is -2.18. The molecule has 3 heterocycles. The molecule has 0 atom stereocenters. The minimum Gasteiger partial charge on any atom is -0.316 e. The van der Waals surface area contributed by atoms with Gasteiger partial charge in [-0.15, -0.1) is 0 Å². The number of hydrogen-bond donors (Lipinski definition) is 0. The fourth-order valence-electron chi connectivity index (χ4n) is 3.86. The Morgan fingerprint density at radius 2 is 2.00 bits per heavy atom. The van der Waals surface area contributed by atoms with Crippen LogP contribution in [0, 0.1) is 23.2 Å². The predicted molar refractivity (Wildman–Crippen MR) is 109 cm³/mol. The van der Waals surface area contributed by atoms with Crippen LogP contribution in [0.25, 0.3) is 22.3 Å². The molecule has 0 unspecified atom stereocenters. The maximum atomic E-state index is 9.38. The van der Waals surface area contributed by atoms with Gasteiger partial charge < -0.3 is 4.57 Å². The van der Waals surface area contributed by atoms with Crippen molar-refractivity contribution >= 4 is 38.6 Å². The average Bonchev–Trinajstić information content (AvgIpc) is 2.98. The third kappa shape index (κ3) is 3.71. The molecule has 3 aromatic rings. The third-order valence-electron chi connectivity index (χ3n) is 5.35. The molecule has 0 bridgehead atoms. The largest absolute Gasteiger partial charge is 0.316 e. The molecule has 138 valence electrons. The van der Waals surface area contributed by atoms with Crippen LogP contribution >= 0.6 is 27.5 Å². The van der Waals surface area contributed by atoms with E-state index in [1.165, 1.54) is 25.7 Å². The fourth-order valence-corrected chi connectivity index (χ4v) is 4.55. The maximum absolute atomic E-state index is 9.38. The van der Waals surface area contributed by atoms with E-state index in [1.54, 1.807) is 18.5 Å². The normalized spacial score (nSPS) is 19.9. The molecule has 0 aliphatic heterocycles. The summed E-state index contributed by atoms with van der Waals surface area (Å²) in [4.78, 5) is 13.4. The van der Waals surface area contributed by atoms with Gasteiger partial charge in [-0.3, -0.25) is 4.98 Å². The Morgan fingerprint density at radius 1 is 1.22 bits per heavy atom. The molecular formula is C20H19BrClN5. The molecule has 7 heteroatoms. The highest BCUT2D eigenvalue weighted by Crippen LogP contribution is 2.35. The number of imidazole rings is 1. The van der Waals surface area contributed by atoms with Crippen LogP contribution < -0.4 is 0 Å². The standard InChI is InChI=1S/C20H19BrClN5/c1-12-2-4-13(5-3-12)11-27-19-17(26-20(27)21)7-16(8-23)25-18(19)14-6-15(22)10-24-9-14/h6-7,9-10,12-13H,2-5,11H2,1H3/t12-,13-. The highest BCUT2D eigenvalue weighted by Gasteiger charge is 2.23. The van der Waals surface area contributed by atoms with E-state index in [1.807, 2.05) is 6.07 Å². The van der Waals surface area contributed by atoms with Crippen LogP contribution in [0.3, 0.4) is 0 Å². The van der Waals surface area contributed by atoms with Crippen molar-refractivity contribution in [3.8, 4) is 17.3 Å². The van der Waals surface area contributed by atoms with Crippen molar-refractivity contribution in [3.63, 3.8) is 0 Å². The van der Waals surface area contributed by atoms with Crippen LogP contribution in [0.5, 0.6) is 0 Å². The first kappa shape index (κ1) is 18.4. The molecule has 0 aromatic carbocycles. The lowest BCUT2D eigenvalue weighted by Gasteiger charge is -2.27. The first-order valence-corrected chi connectivity index (χ1v) is 10.3. The monoisotopic (exact) mass is 443 g/mol. The van der Waals surface area contributed by atoms with Gasteiger partial charge >= 0.3 is 0 Å². The van der Waals surface area contributed by atoms with E-state index in [-0.39, 0.29) is 0 Å². The van der Waals surface area contributed by atoms with Crippen molar-refractivity contribution in [2.24, 2.45) is 11.8 Å². The summed E-state index contributed by atoms with van der Waals surface area (Å²) >= 11 is 9.76. The molecule has 0 amide bonds. The van der Waals surface area contributed by atoms with Gasteiger partial charge in [-0.25, -0.2) is 9.97 Å². The highest BCUT2D eigenvalue weighted by atomic mass is 79.9. The average molecular weight is 445 g/mol.